The number of benzene rings is 2. The fourth-order valence-corrected chi connectivity index (χ4v) is 2.52. The molecule has 0 aromatic heterocycles. The molecule has 0 fully saturated rings. The van der Waals surface area contributed by atoms with Crippen molar-refractivity contribution in [3.63, 3.8) is 0 Å². The van der Waals surface area contributed by atoms with Gasteiger partial charge in [0.25, 0.3) is 0 Å². The number of carbonyl (C=O) groups excluding carboxylic acids is 1. The third-order valence-electron chi connectivity index (χ3n) is 3.54. The average molecular weight is 268 g/mol. The van der Waals surface area contributed by atoms with Crippen molar-refractivity contribution in [1.29, 1.82) is 0 Å². The fourth-order valence-electron chi connectivity index (χ4n) is 2.52. The summed E-state index contributed by atoms with van der Waals surface area (Å²) in [5.74, 6) is 0.0427. The van der Waals surface area contributed by atoms with Gasteiger partial charge in [-0.2, -0.15) is 0 Å². The molecule has 3 N–H and O–H groups in total. The number of amides is 1. The first-order chi connectivity index (χ1) is 9.74. The molecule has 4 nitrogen and oxygen atoms in total. The van der Waals surface area contributed by atoms with E-state index in [-0.39, 0.29) is 17.6 Å². The normalized spacial score (nSPS) is 16.9. The van der Waals surface area contributed by atoms with Crippen LogP contribution in [0, 0.1) is 0 Å². The van der Waals surface area contributed by atoms with Gasteiger partial charge in [0.05, 0.1) is 5.92 Å². The first-order valence-corrected chi connectivity index (χ1v) is 6.67. The predicted octanol–water partition coefficient (Wildman–Crippen LogP) is 2.93. The summed E-state index contributed by atoms with van der Waals surface area (Å²) in [4.78, 5) is 12.4. The molecule has 102 valence electrons. The molecule has 3 rings (SSSR count). The molecule has 2 aromatic carbocycles. The molecule has 0 radical (unpaired) electrons. The van der Waals surface area contributed by atoms with E-state index in [2.05, 4.69) is 10.6 Å². The minimum Gasteiger partial charge on any atom is -0.508 e. The second-order valence-corrected chi connectivity index (χ2v) is 4.89. The number of anilines is 2. The molecule has 1 aliphatic heterocycles. The van der Waals surface area contributed by atoms with Crippen LogP contribution in [-0.4, -0.2) is 17.6 Å². The lowest BCUT2D eigenvalue weighted by atomic mass is 9.90. The maximum Gasteiger partial charge on any atom is 0.232 e. The molecule has 0 spiro atoms. The summed E-state index contributed by atoms with van der Waals surface area (Å²) in [5.41, 5.74) is 2.77. The fraction of sp³-hybridized carbons (Fsp3) is 0.188. The van der Waals surface area contributed by atoms with Crippen molar-refractivity contribution in [2.45, 2.75) is 12.3 Å². The molecule has 2 aromatic rings. The molecule has 20 heavy (non-hydrogen) atoms. The standard InChI is InChI=1S/C16H16N2O2/c19-12-7-5-11(6-8-12)18-16(20)14-9-10-17-15-4-2-1-3-13(14)15/h1-8,14,17,19H,9-10H2,(H,18,20). The first-order valence-electron chi connectivity index (χ1n) is 6.67. The molecule has 0 aliphatic carbocycles. The highest BCUT2D eigenvalue weighted by Crippen LogP contribution is 2.32. The zero-order chi connectivity index (χ0) is 13.9. The topological polar surface area (TPSA) is 61.4 Å². The zero-order valence-electron chi connectivity index (χ0n) is 11.0. The number of para-hydroxylation sites is 1. The molecule has 0 saturated heterocycles. The molecular weight excluding hydrogens is 252 g/mol. The smallest absolute Gasteiger partial charge is 0.232 e. The molecule has 1 amide bonds. The molecule has 4 heteroatoms. The van der Waals surface area contributed by atoms with Crippen LogP contribution in [0.3, 0.4) is 0 Å². The van der Waals surface area contributed by atoms with E-state index in [1.807, 2.05) is 24.3 Å². The Hall–Kier alpha value is -2.49. The lowest BCUT2D eigenvalue weighted by molar-refractivity contribution is -0.117. The third kappa shape index (κ3) is 2.45. The van der Waals surface area contributed by atoms with Crippen molar-refractivity contribution in [3.05, 3.63) is 54.1 Å². The molecule has 1 atom stereocenters. The van der Waals surface area contributed by atoms with E-state index in [9.17, 15) is 9.90 Å². The van der Waals surface area contributed by atoms with Gasteiger partial charge in [0, 0.05) is 17.9 Å². The van der Waals surface area contributed by atoms with Crippen LogP contribution in [0.4, 0.5) is 11.4 Å². The SMILES string of the molecule is O=C(Nc1ccc(O)cc1)C1CCNc2ccccc21. The summed E-state index contributed by atoms with van der Waals surface area (Å²) < 4.78 is 0. The van der Waals surface area contributed by atoms with E-state index in [0.29, 0.717) is 5.69 Å². The van der Waals surface area contributed by atoms with Crippen molar-refractivity contribution in [2.24, 2.45) is 0 Å². The van der Waals surface area contributed by atoms with Crippen molar-refractivity contribution < 1.29 is 9.90 Å². The van der Waals surface area contributed by atoms with Gasteiger partial charge in [-0.3, -0.25) is 4.79 Å². The van der Waals surface area contributed by atoms with Crippen LogP contribution in [0.5, 0.6) is 5.75 Å². The van der Waals surface area contributed by atoms with Crippen LogP contribution in [0.1, 0.15) is 17.9 Å². The predicted molar refractivity (Wildman–Crippen MR) is 79.0 cm³/mol. The number of phenols is 1. The summed E-state index contributed by atoms with van der Waals surface area (Å²) in [6.45, 7) is 0.796. The number of hydrogen-bond acceptors (Lipinski definition) is 3. The Balaban J connectivity index is 1.80. The van der Waals surface area contributed by atoms with Crippen LogP contribution in [-0.2, 0) is 4.79 Å². The summed E-state index contributed by atoms with van der Waals surface area (Å²) in [7, 11) is 0. The van der Waals surface area contributed by atoms with Crippen molar-refractivity contribution in [1.82, 2.24) is 0 Å². The van der Waals surface area contributed by atoms with Gasteiger partial charge in [0.2, 0.25) is 5.91 Å². The van der Waals surface area contributed by atoms with Gasteiger partial charge < -0.3 is 15.7 Å². The minimum absolute atomic E-state index is 0.00959. The van der Waals surface area contributed by atoms with Gasteiger partial charge in [-0.1, -0.05) is 18.2 Å². The number of phenolic OH excluding ortho intramolecular Hbond substituents is 1. The Kier molecular flexibility index (Phi) is 3.29. The number of carbonyl (C=O) groups is 1. The number of nitrogens with one attached hydrogen (secondary N) is 2. The number of aromatic hydroxyl groups is 1. The summed E-state index contributed by atoms with van der Waals surface area (Å²) in [6.07, 6.45) is 0.779. The first kappa shape index (κ1) is 12.5. The Morgan fingerprint density at radius 1 is 1.15 bits per heavy atom. The molecule has 0 saturated carbocycles. The number of rotatable bonds is 2. The number of hydrogen-bond donors (Lipinski definition) is 3. The zero-order valence-corrected chi connectivity index (χ0v) is 11.0. The summed E-state index contributed by atoms with van der Waals surface area (Å²) >= 11 is 0. The molecule has 1 unspecified atom stereocenters. The van der Waals surface area contributed by atoms with Crippen molar-refractivity contribution in [3.8, 4) is 5.75 Å². The lowest BCUT2D eigenvalue weighted by Gasteiger charge is -2.25. The van der Waals surface area contributed by atoms with Crippen LogP contribution in [0.25, 0.3) is 0 Å². The van der Waals surface area contributed by atoms with Crippen molar-refractivity contribution in [2.75, 3.05) is 17.2 Å². The molecule has 1 aliphatic rings. The van der Waals surface area contributed by atoms with Gasteiger partial charge >= 0.3 is 0 Å². The van der Waals surface area contributed by atoms with Gasteiger partial charge in [-0.25, -0.2) is 0 Å². The average Bonchev–Trinajstić information content (AvgIpc) is 2.49. The van der Waals surface area contributed by atoms with E-state index < -0.39 is 0 Å². The van der Waals surface area contributed by atoms with E-state index >= 15 is 0 Å². The lowest BCUT2D eigenvalue weighted by Crippen LogP contribution is -2.27. The third-order valence-corrected chi connectivity index (χ3v) is 3.54. The van der Waals surface area contributed by atoms with Crippen molar-refractivity contribution >= 4 is 17.3 Å². The van der Waals surface area contributed by atoms with E-state index in [4.69, 9.17) is 0 Å². The van der Waals surface area contributed by atoms with Crippen LogP contribution in [0.2, 0.25) is 0 Å². The molecule has 0 bridgehead atoms. The Labute approximate surface area is 117 Å². The quantitative estimate of drug-likeness (QED) is 0.734. The second kappa shape index (κ2) is 5.25. The van der Waals surface area contributed by atoms with E-state index in [1.54, 1.807) is 24.3 Å². The highest BCUT2D eigenvalue weighted by molar-refractivity contribution is 5.97. The summed E-state index contributed by atoms with van der Waals surface area (Å²) in [6, 6.07) is 14.4. The maximum absolute atomic E-state index is 12.4. The highest BCUT2D eigenvalue weighted by Gasteiger charge is 2.26. The van der Waals surface area contributed by atoms with Gasteiger partial charge in [0.15, 0.2) is 0 Å². The van der Waals surface area contributed by atoms with E-state index in [0.717, 1.165) is 24.2 Å². The Morgan fingerprint density at radius 2 is 1.90 bits per heavy atom. The molecule has 1 heterocycles. The second-order valence-electron chi connectivity index (χ2n) is 4.89. The van der Waals surface area contributed by atoms with Gasteiger partial charge in [-0.15, -0.1) is 0 Å². The highest BCUT2D eigenvalue weighted by atomic mass is 16.3. The van der Waals surface area contributed by atoms with E-state index in [1.165, 1.54) is 0 Å². The van der Waals surface area contributed by atoms with Gasteiger partial charge in [0.1, 0.15) is 5.75 Å². The molecular formula is C16H16N2O2. The van der Waals surface area contributed by atoms with Gasteiger partial charge in [-0.05, 0) is 42.3 Å². The number of fused-ring (bicyclic) bond motifs is 1. The minimum atomic E-state index is -0.138. The Bertz CT molecular complexity index is 623. The van der Waals surface area contributed by atoms with Crippen LogP contribution >= 0.6 is 0 Å². The monoisotopic (exact) mass is 268 g/mol. The largest absolute Gasteiger partial charge is 0.508 e. The van der Waals surface area contributed by atoms with Crippen LogP contribution in [0.15, 0.2) is 48.5 Å². The Morgan fingerprint density at radius 3 is 2.70 bits per heavy atom. The maximum atomic E-state index is 12.4. The van der Waals surface area contributed by atoms with Crippen LogP contribution < -0.4 is 10.6 Å². The summed E-state index contributed by atoms with van der Waals surface area (Å²) in [5, 5.41) is 15.5.